The average Bonchev–Trinajstić information content (AvgIpc) is 3.68. The highest BCUT2D eigenvalue weighted by molar-refractivity contribution is 7.19. The molecule has 9 heteroatoms. The molecule has 1 N–H and O–H groups in total. The van der Waals surface area contributed by atoms with Crippen LogP contribution in [0.25, 0.3) is 10.2 Å². The first-order valence-corrected chi connectivity index (χ1v) is 13.3. The van der Waals surface area contributed by atoms with Gasteiger partial charge in [-0.3, -0.25) is 0 Å². The number of carbonyl (C=O) groups is 1. The largest absolute Gasteiger partial charge is 0.497 e. The van der Waals surface area contributed by atoms with Crippen molar-refractivity contribution in [2.45, 2.75) is 44.4 Å². The first-order chi connectivity index (χ1) is 17.1. The van der Waals surface area contributed by atoms with Gasteiger partial charge in [-0.1, -0.05) is 0 Å². The molecular weight excluding hydrogens is 462 g/mol. The Kier molecular flexibility index (Phi) is 5.88. The number of hydrogen-bond donors (Lipinski definition) is 1. The van der Waals surface area contributed by atoms with Gasteiger partial charge in [0.05, 0.1) is 19.6 Å². The molecule has 0 atom stereocenters. The Morgan fingerprint density at radius 1 is 1.00 bits per heavy atom. The third-order valence-corrected chi connectivity index (χ3v) is 8.41. The summed E-state index contributed by atoms with van der Waals surface area (Å²) in [7, 11) is 3.20. The van der Waals surface area contributed by atoms with E-state index < -0.39 is 0 Å². The molecule has 3 heterocycles. The van der Waals surface area contributed by atoms with Crippen molar-refractivity contribution in [1.29, 1.82) is 0 Å². The van der Waals surface area contributed by atoms with E-state index in [9.17, 15) is 4.79 Å². The van der Waals surface area contributed by atoms with Crippen molar-refractivity contribution in [3.8, 4) is 11.5 Å². The second kappa shape index (κ2) is 9.18. The third kappa shape index (κ3) is 4.37. The number of aromatic nitrogens is 2. The van der Waals surface area contributed by atoms with E-state index in [0.717, 1.165) is 42.4 Å². The first-order valence-electron chi connectivity index (χ1n) is 12.5. The number of urea groups is 1. The van der Waals surface area contributed by atoms with Crippen LogP contribution in [0.2, 0.25) is 0 Å². The number of carbonyl (C=O) groups excluding carboxylic acids is 1. The number of methoxy groups -OCH3 is 2. The highest BCUT2D eigenvalue weighted by atomic mass is 32.1. The van der Waals surface area contributed by atoms with Crippen molar-refractivity contribution in [3.05, 3.63) is 34.5 Å². The van der Waals surface area contributed by atoms with Crippen molar-refractivity contribution < 1.29 is 14.3 Å². The number of rotatable bonds is 5. The minimum atomic E-state index is -0.112. The second-order valence-electron chi connectivity index (χ2n) is 9.58. The van der Waals surface area contributed by atoms with Gasteiger partial charge in [0.2, 0.25) is 0 Å². The molecule has 3 aromatic rings. The molecule has 1 aromatic carbocycles. The summed E-state index contributed by atoms with van der Waals surface area (Å²) in [6.07, 6.45) is 7.19. The van der Waals surface area contributed by atoms with Gasteiger partial charge in [0.25, 0.3) is 0 Å². The lowest BCUT2D eigenvalue weighted by atomic mass is 9.97. The number of thiophene rings is 1. The third-order valence-electron chi connectivity index (χ3n) is 7.22. The number of ether oxygens (including phenoxy) is 2. The fourth-order valence-corrected chi connectivity index (χ4v) is 6.37. The molecule has 0 bridgehead atoms. The molecule has 1 aliphatic heterocycles. The van der Waals surface area contributed by atoms with E-state index in [1.54, 1.807) is 32.4 Å². The normalized spacial score (nSPS) is 17.9. The zero-order valence-corrected chi connectivity index (χ0v) is 21.1. The maximum absolute atomic E-state index is 13.0. The van der Waals surface area contributed by atoms with Crippen LogP contribution in [0.3, 0.4) is 0 Å². The van der Waals surface area contributed by atoms with E-state index in [2.05, 4.69) is 10.2 Å². The monoisotopic (exact) mass is 493 g/mol. The summed E-state index contributed by atoms with van der Waals surface area (Å²) in [4.78, 5) is 30.0. The molecule has 2 aromatic heterocycles. The van der Waals surface area contributed by atoms with Crippen molar-refractivity contribution in [2.24, 2.45) is 0 Å². The minimum Gasteiger partial charge on any atom is -0.497 e. The fraction of sp³-hybridized carbons (Fsp3) is 0.500. The number of nitrogens with one attached hydrogen (secondary N) is 1. The van der Waals surface area contributed by atoms with Gasteiger partial charge in [0.15, 0.2) is 0 Å². The summed E-state index contributed by atoms with van der Waals surface area (Å²) in [5, 5.41) is 4.27. The summed E-state index contributed by atoms with van der Waals surface area (Å²) in [5.74, 6) is 3.90. The van der Waals surface area contributed by atoms with Crippen LogP contribution < -0.4 is 19.7 Å². The van der Waals surface area contributed by atoms with E-state index in [0.29, 0.717) is 36.2 Å². The highest BCUT2D eigenvalue weighted by Crippen LogP contribution is 2.44. The molecule has 0 spiro atoms. The van der Waals surface area contributed by atoms with E-state index >= 15 is 0 Å². The Morgan fingerprint density at radius 2 is 1.71 bits per heavy atom. The number of hydrogen-bond acceptors (Lipinski definition) is 7. The predicted octanol–water partition coefficient (Wildman–Crippen LogP) is 4.82. The van der Waals surface area contributed by atoms with Crippen molar-refractivity contribution in [3.63, 3.8) is 0 Å². The van der Waals surface area contributed by atoms with Gasteiger partial charge in [-0.25, -0.2) is 14.8 Å². The number of benzene rings is 1. The van der Waals surface area contributed by atoms with Crippen molar-refractivity contribution in [1.82, 2.24) is 14.9 Å². The number of fused-ring (bicyclic) bond motifs is 3. The minimum absolute atomic E-state index is 0.112. The lowest BCUT2D eigenvalue weighted by Gasteiger charge is -2.36. The Morgan fingerprint density at radius 3 is 2.40 bits per heavy atom. The van der Waals surface area contributed by atoms with Crippen LogP contribution in [-0.4, -0.2) is 61.3 Å². The molecule has 2 amide bonds. The van der Waals surface area contributed by atoms with Gasteiger partial charge >= 0.3 is 6.03 Å². The van der Waals surface area contributed by atoms with Gasteiger partial charge in [-0.15, -0.1) is 11.3 Å². The lowest BCUT2D eigenvalue weighted by molar-refractivity contribution is 0.208. The molecule has 35 heavy (non-hydrogen) atoms. The number of piperazine rings is 1. The first kappa shape index (κ1) is 22.4. The number of nitrogens with zero attached hydrogens (tertiary/aromatic N) is 4. The molecule has 8 nitrogen and oxygen atoms in total. The Bertz CT molecular complexity index is 1240. The van der Waals surface area contributed by atoms with E-state index in [4.69, 9.17) is 19.4 Å². The molecule has 2 fully saturated rings. The molecule has 1 saturated carbocycles. The van der Waals surface area contributed by atoms with Gasteiger partial charge in [0, 0.05) is 60.9 Å². The van der Waals surface area contributed by atoms with Gasteiger partial charge in [-0.05, 0) is 44.1 Å². The van der Waals surface area contributed by atoms with Gasteiger partial charge in [0.1, 0.15) is 28.0 Å². The van der Waals surface area contributed by atoms with Gasteiger partial charge in [-0.2, -0.15) is 0 Å². The Hall–Kier alpha value is -3.07. The van der Waals surface area contributed by atoms with Crippen LogP contribution in [0.5, 0.6) is 11.5 Å². The molecule has 1 saturated heterocycles. The van der Waals surface area contributed by atoms with Crippen LogP contribution in [0.4, 0.5) is 16.3 Å². The second-order valence-corrected chi connectivity index (χ2v) is 10.7. The van der Waals surface area contributed by atoms with Gasteiger partial charge < -0.3 is 24.6 Å². The molecule has 0 unspecified atom stereocenters. The summed E-state index contributed by atoms with van der Waals surface area (Å²) in [6.45, 7) is 2.80. The summed E-state index contributed by atoms with van der Waals surface area (Å²) >= 11 is 1.88. The van der Waals surface area contributed by atoms with Crippen LogP contribution in [-0.2, 0) is 12.8 Å². The Balaban J connectivity index is 1.20. The summed E-state index contributed by atoms with van der Waals surface area (Å²) in [5.41, 5.74) is 2.13. The van der Waals surface area contributed by atoms with Crippen LogP contribution >= 0.6 is 11.3 Å². The quantitative estimate of drug-likeness (QED) is 0.549. The molecule has 0 radical (unpaired) electrons. The highest BCUT2D eigenvalue weighted by Gasteiger charge is 2.32. The molecule has 2 aliphatic carbocycles. The zero-order valence-electron chi connectivity index (χ0n) is 20.3. The van der Waals surface area contributed by atoms with Crippen LogP contribution in [0.15, 0.2) is 18.2 Å². The fourth-order valence-electron chi connectivity index (χ4n) is 5.11. The molecular formula is C26H31N5O3S. The SMILES string of the molecule is COc1cc(NC(=O)N2CCN(c3nc(C4CC4)nc4sc5c(c34)CCCC5)CC2)cc(OC)c1. The van der Waals surface area contributed by atoms with Crippen LogP contribution in [0.1, 0.15) is 47.9 Å². The van der Waals surface area contributed by atoms with E-state index in [1.807, 2.05) is 16.2 Å². The standard InChI is InChI=1S/C26H31N5O3S/c1-33-18-13-17(14-19(15-18)34-2)27-26(32)31-11-9-30(10-12-31)24-22-20-5-3-4-6-21(20)35-25(22)29-23(28-24)16-7-8-16/h13-16H,3-12H2,1-2H3,(H,27,32). The lowest BCUT2D eigenvalue weighted by Crippen LogP contribution is -2.50. The smallest absolute Gasteiger partial charge is 0.321 e. The van der Waals surface area contributed by atoms with Crippen molar-refractivity contribution >= 4 is 39.1 Å². The maximum atomic E-state index is 13.0. The molecule has 3 aliphatic rings. The maximum Gasteiger partial charge on any atom is 0.321 e. The van der Waals surface area contributed by atoms with Crippen molar-refractivity contribution in [2.75, 3.05) is 50.6 Å². The van der Waals surface area contributed by atoms with Crippen LogP contribution in [0, 0.1) is 0 Å². The Labute approximate surface area is 209 Å². The average molecular weight is 494 g/mol. The summed E-state index contributed by atoms with van der Waals surface area (Å²) < 4.78 is 10.6. The summed E-state index contributed by atoms with van der Waals surface area (Å²) in [6, 6.07) is 5.27. The number of aryl methyl sites for hydroxylation is 2. The number of amides is 2. The van der Waals surface area contributed by atoms with E-state index in [1.165, 1.54) is 41.5 Å². The zero-order chi connectivity index (χ0) is 23.9. The predicted molar refractivity (Wildman–Crippen MR) is 138 cm³/mol. The number of anilines is 2. The topological polar surface area (TPSA) is 79.8 Å². The molecule has 184 valence electrons. The molecule has 6 rings (SSSR count). The van der Waals surface area contributed by atoms with E-state index in [-0.39, 0.29) is 6.03 Å².